The number of carbonyl (C=O) groups is 1. The smallest absolute Gasteiger partial charge is 0.341 e. The van der Waals surface area contributed by atoms with E-state index in [1.165, 1.54) is 37.7 Å². The summed E-state index contributed by atoms with van der Waals surface area (Å²) in [4.78, 5) is 13.3. The Morgan fingerprint density at radius 1 is 1.29 bits per heavy atom. The summed E-state index contributed by atoms with van der Waals surface area (Å²) < 4.78 is 4.97. The van der Waals surface area contributed by atoms with Crippen molar-refractivity contribution in [1.82, 2.24) is 5.32 Å². The molecule has 7 heteroatoms. The highest BCUT2D eigenvalue weighted by atomic mass is 32.1. The molecule has 1 fully saturated rings. The second kappa shape index (κ2) is 8.09. The van der Waals surface area contributed by atoms with Crippen LogP contribution in [0.1, 0.15) is 42.5 Å². The van der Waals surface area contributed by atoms with Crippen molar-refractivity contribution in [1.29, 1.82) is 0 Å². The average molecular weight is 381 g/mol. The van der Waals surface area contributed by atoms with E-state index in [0.29, 0.717) is 16.7 Å². The number of carbonyl (C=O) groups excluding carboxylic acids is 1. The van der Waals surface area contributed by atoms with Gasteiger partial charge in [0.2, 0.25) is 0 Å². The molecule has 0 atom stereocenters. The molecule has 0 aromatic carbocycles. The van der Waals surface area contributed by atoms with Gasteiger partial charge < -0.3 is 15.4 Å². The van der Waals surface area contributed by atoms with E-state index in [1.807, 2.05) is 22.9 Å². The lowest BCUT2D eigenvalue weighted by molar-refractivity contribution is 0.0603. The predicted octanol–water partition coefficient (Wildman–Crippen LogP) is 4.88. The van der Waals surface area contributed by atoms with Crippen LogP contribution in [0, 0.1) is 0 Å². The lowest BCUT2D eigenvalue weighted by atomic mass is 9.96. The highest BCUT2D eigenvalue weighted by molar-refractivity contribution is 7.80. The monoisotopic (exact) mass is 380 g/mol. The van der Waals surface area contributed by atoms with Crippen LogP contribution in [0.4, 0.5) is 5.00 Å². The van der Waals surface area contributed by atoms with E-state index in [9.17, 15) is 4.79 Å². The first-order valence-corrected chi connectivity index (χ1v) is 10.2. The minimum Gasteiger partial charge on any atom is -0.465 e. The second-order valence-corrected chi connectivity index (χ2v) is 7.99. The number of nitrogens with one attached hydrogen (secondary N) is 2. The summed E-state index contributed by atoms with van der Waals surface area (Å²) in [5, 5.41) is 11.9. The zero-order valence-electron chi connectivity index (χ0n) is 13.5. The number of esters is 1. The van der Waals surface area contributed by atoms with Crippen molar-refractivity contribution in [2.45, 2.75) is 38.1 Å². The number of hydrogen-bond donors (Lipinski definition) is 2. The van der Waals surface area contributed by atoms with E-state index < -0.39 is 0 Å². The molecule has 4 nitrogen and oxygen atoms in total. The second-order valence-electron chi connectivity index (χ2n) is 5.76. The van der Waals surface area contributed by atoms with Gasteiger partial charge in [-0.3, -0.25) is 0 Å². The van der Waals surface area contributed by atoms with Crippen LogP contribution in [0.2, 0.25) is 0 Å². The minimum absolute atomic E-state index is 0.345. The van der Waals surface area contributed by atoms with Crippen LogP contribution in [0.25, 0.3) is 10.4 Å². The molecule has 3 rings (SSSR count). The fourth-order valence-electron chi connectivity index (χ4n) is 2.94. The van der Waals surface area contributed by atoms with Crippen LogP contribution in [0.3, 0.4) is 0 Å². The van der Waals surface area contributed by atoms with Crippen LogP contribution in [0.15, 0.2) is 22.9 Å². The summed E-state index contributed by atoms with van der Waals surface area (Å²) in [7, 11) is 1.40. The molecule has 2 N–H and O–H groups in total. The van der Waals surface area contributed by atoms with Crippen molar-refractivity contribution in [2.75, 3.05) is 12.4 Å². The Hall–Kier alpha value is -1.44. The van der Waals surface area contributed by atoms with Crippen molar-refractivity contribution in [2.24, 2.45) is 0 Å². The normalized spacial score (nSPS) is 15.0. The number of methoxy groups -OCH3 is 1. The average Bonchev–Trinajstić information content (AvgIpc) is 3.24. The van der Waals surface area contributed by atoms with Gasteiger partial charge in [0, 0.05) is 21.9 Å². The van der Waals surface area contributed by atoms with Crippen molar-refractivity contribution in [3.05, 3.63) is 28.5 Å². The lowest BCUT2D eigenvalue weighted by Gasteiger charge is -2.24. The molecule has 0 saturated heterocycles. The standard InChI is InChI=1S/C17H20N2O2S3/c1-21-16(20)14-12(13-8-5-9-23-13)10-24-15(14)19-17(22)18-11-6-3-2-4-7-11/h5,8-11H,2-4,6-7H2,1H3,(H2,18,19,22). The lowest BCUT2D eigenvalue weighted by Crippen LogP contribution is -2.38. The molecule has 2 heterocycles. The number of thiophene rings is 2. The first kappa shape index (κ1) is 17.4. The molecule has 1 aliphatic carbocycles. The van der Waals surface area contributed by atoms with E-state index in [-0.39, 0.29) is 5.97 Å². The fourth-order valence-corrected chi connectivity index (χ4v) is 5.05. The van der Waals surface area contributed by atoms with Crippen LogP contribution in [-0.4, -0.2) is 24.2 Å². The molecule has 1 saturated carbocycles. The predicted molar refractivity (Wildman–Crippen MR) is 105 cm³/mol. The van der Waals surface area contributed by atoms with Gasteiger partial charge in [-0.1, -0.05) is 25.3 Å². The van der Waals surface area contributed by atoms with Gasteiger partial charge in [-0.05, 0) is 36.5 Å². The summed E-state index contributed by atoms with van der Waals surface area (Å²) >= 11 is 8.52. The third-order valence-electron chi connectivity index (χ3n) is 4.13. The molecule has 2 aromatic heterocycles. The molecule has 0 aliphatic heterocycles. The number of rotatable bonds is 4. The van der Waals surface area contributed by atoms with E-state index in [2.05, 4.69) is 10.6 Å². The van der Waals surface area contributed by atoms with E-state index in [0.717, 1.165) is 28.3 Å². The zero-order valence-corrected chi connectivity index (χ0v) is 15.9. The van der Waals surface area contributed by atoms with Crippen molar-refractivity contribution in [3.63, 3.8) is 0 Å². The van der Waals surface area contributed by atoms with Crippen LogP contribution >= 0.6 is 34.9 Å². The Labute approximate surface area is 155 Å². The molecule has 0 unspecified atom stereocenters. The number of thiocarbonyl (C=S) groups is 1. The van der Waals surface area contributed by atoms with Crippen molar-refractivity contribution >= 4 is 51.0 Å². The molecule has 0 bridgehead atoms. The third kappa shape index (κ3) is 3.96. The van der Waals surface area contributed by atoms with Crippen LogP contribution < -0.4 is 10.6 Å². The number of ether oxygens (including phenoxy) is 1. The van der Waals surface area contributed by atoms with Gasteiger partial charge in [0.1, 0.15) is 10.6 Å². The maximum atomic E-state index is 12.3. The maximum absolute atomic E-state index is 12.3. The van der Waals surface area contributed by atoms with Gasteiger partial charge in [-0.2, -0.15) is 0 Å². The minimum atomic E-state index is -0.345. The Kier molecular flexibility index (Phi) is 5.86. The summed E-state index contributed by atoms with van der Waals surface area (Å²) in [6.45, 7) is 0. The van der Waals surface area contributed by atoms with Crippen molar-refractivity contribution < 1.29 is 9.53 Å². The summed E-state index contributed by atoms with van der Waals surface area (Å²) in [6, 6.07) is 4.40. The largest absolute Gasteiger partial charge is 0.465 e. The van der Waals surface area contributed by atoms with Crippen molar-refractivity contribution in [3.8, 4) is 10.4 Å². The number of hydrogen-bond acceptors (Lipinski definition) is 5. The molecule has 128 valence electrons. The Bertz CT molecular complexity index is 703. The summed E-state index contributed by atoms with van der Waals surface area (Å²) in [5.41, 5.74) is 1.45. The first-order valence-electron chi connectivity index (χ1n) is 8.00. The highest BCUT2D eigenvalue weighted by Crippen LogP contribution is 2.38. The molecule has 1 aliphatic rings. The molecule has 2 aromatic rings. The van der Waals surface area contributed by atoms with Gasteiger partial charge in [0.05, 0.1) is 7.11 Å². The third-order valence-corrected chi connectivity index (χ3v) is 6.15. The zero-order chi connectivity index (χ0) is 16.9. The van der Waals surface area contributed by atoms with Crippen LogP contribution in [-0.2, 0) is 4.74 Å². The Balaban J connectivity index is 1.77. The Morgan fingerprint density at radius 2 is 2.08 bits per heavy atom. The van der Waals surface area contributed by atoms with E-state index in [1.54, 1.807) is 11.3 Å². The number of anilines is 1. The summed E-state index contributed by atoms with van der Waals surface area (Å²) in [5.74, 6) is -0.345. The SMILES string of the molecule is COC(=O)c1c(-c2cccs2)csc1NC(=S)NC1CCCCC1. The molecule has 0 amide bonds. The van der Waals surface area contributed by atoms with E-state index >= 15 is 0 Å². The fraction of sp³-hybridized carbons (Fsp3) is 0.412. The van der Waals surface area contributed by atoms with Crippen LogP contribution in [0.5, 0.6) is 0 Å². The van der Waals surface area contributed by atoms with Gasteiger partial charge in [-0.15, -0.1) is 22.7 Å². The molecular weight excluding hydrogens is 360 g/mol. The molecule has 24 heavy (non-hydrogen) atoms. The van der Waals surface area contributed by atoms with Gasteiger partial charge in [0.15, 0.2) is 5.11 Å². The first-order chi connectivity index (χ1) is 11.7. The van der Waals surface area contributed by atoms with Gasteiger partial charge in [-0.25, -0.2) is 4.79 Å². The highest BCUT2D eigenvalue weighted by Gasteiger charge is 2.23. The van der Waals surface area contributed by atoms with Gasteiger partial charge in [0.25, 0.3) is 0 Å². The van der Waals surface area contributed by atoms with E-state index in [4.69, 9.17) is 17.0 Å². The quantitative estimate of drug-likeness (QED) is 0.585. The maximum Gasteiger partial charge on any atom is 0.341 e. The Morgan fingerprint density at radius 3 is 2.75 bits per heavy atom. The molecule has 0 radical (unpaired) electrons. The summed E-state index contributed by atoms with van der Waals surface area (Å²) in [6.07, 6.45) is 6.09. The molecule has 0 spiro atoms. The topological polar surface area (TPSA) is 50.4 Å². The van der Waals surface area contributed by atoms with Gasteiger partial charge >= 0.3 is 5.97 Å². The molecular formula is C17H20N2O2S3.